The molecule has 2 nitrogen and oxygen atoms in total. The molecule has 3 fully saturated rings. The van der Waals surface area contributed by atoms with Gasteiger partial charge >= 0.3 is 0 Å². The van der Waals surface area contributed by atoms with Gasteiger partial charge in [-0.3, -0.25) is 0 Å². The van der Waals surface area contributed by atoms with Crippen molar-refractivity contribution < 1.29 is 8.42 Å². The summed E-state index contributed by atoms with van der Waals surface area (Å²) < 4.78 is 23.5. The molecular formula is C10H16O2S. The third kappa shape index (κ3) is 0.780. The fraction of sp³-hybridized carbons (Fsp3) is 1.00. The Hall–Kier alpha value is -0.0500. The second kappa shape index (κ2) is 1.97. The highest BCUT2D eigenvalue weighted by atomic mass is 32.2. The fourth-order valence-electron chi connectivity index (χ4n) is 4.04. The molecule has 0 radical (unpaired) electrons. The molecule has 2 aliphatic carbocycles. The molecule has 0 aromatic rings. The van der Waals surface area contributed by atoms with Gasteiger partial charge < -0.3 is 0 Å². The van der Waals surface area contributed by atoms with Gasteiger partial charge in [0.2, 0.25) is 0 Å². The molecule has 0 N–H and O–H groups in total. The number of hydrogen-bond acceptors (Lipinski definition) is 2. The molecule has 1 aliphatic heterocycles. The molecule has 0 amide bonds. The maximum atomic E-state index is 11.8. The molecule has 3 heteroatoms. The lowest BCUT2D eigenvalue weighted by molar-refractivity contribution is 0.155. The largest absolute Gasteiger partial charge is 0.229 e. The van der Waals surface area contributed by atoms with Crippen LogP contribution in [0.15, 0.2) is 0 Å². The molecule has 4 unspecified atom stereocenters. The van der Waals surface area contributed by atoms with Gasteiger partial charge in [0.05, 0.1) is 11.0 Å². The van der Waals surface area contributed by atoms with Gasteiger partial charge in [0.1, 0.15) is 0 Å². The zero-order chi connectivity index (χ0) is 9.43. The van der Waals surface area contributed by atoms with Crippen molar-refractivity contribution in [3.63, 3.8) is 0 Å². The van der Waals surface area contributed by atoms with Crippen molar-refractivity contribution in [1.82, 2.24) is 0 Å². The average Bonchev–Trinajstić information content (AvgIpc) is 2.54. The molecule has 1 saturated heterocycles. The van der Waals surface area contributed by atoms with E-state index in [0.29, 0.717) is 28.9 Å². The van der Waals surface area contributed by atoms with Gasteiger partial charge in [0.15, 0.2) is 9.84 Å². The lowest BCUT2D eigenvalue weighted by Gasteiger charge is -2.34. The Labute approximate surface area is 79.6 Å². The highest BCUT2D eigenvalue weighted by molar-refractivity contribution is 7.92. The maximum Gasteiger partial charge on any atom is 0.153 e. The monoisotopic (exact) mass is 200 g/mol. The van der Waals surface area contributed by atoms with Crippen LogP contribution < -0.4 is 0 Å². The second-order valence-corrected chi connectivity index (χ2v) is 7.89. The zero-order valence-corrected chi connectivity index (χ0v) is 8.97. The van der Waals surface area contributed by atoms with Crippen molar-refractivity contribution in [3.05, 3.63) is 0 Å². The van der Waals surface area contributed by atoms with E-state index in [1.165, 1.54) is 6.42 Å². The van der Waals surface area contributed by atoms with Crippen molar-refractivity contribution in [3.8, 4) is 0 Å². The van der Waals surface area contributed by atoms with Crippen LogP contribution in [0.2, 0.25) is 0 Å². The minimum atomic E-state index is -2.70. The first-order valence-corrected chi connectivity index (χ1v) is 6.86. The Morgan fingerprint density at radius 1 is 1.23 bits per heavy atom. The van der Waals surface area contributed by atoms with Crippen LogP contribution in [0, 0.1) is 23.2 Å². The molecule has 4 atom stereocenters. The molecular weight excluding hydrogens is 184 g/mol. The van der Waals surface area contributed by atoms with Crippen molar-refractivity contribution in [1.29, 1.82) is 0 Å². The maximum absolute atomic E-state index is 11.8. The smallest absolute Gasteiger partial charge is 0.153 e. The van der Waals surface area contributed by atoms with E-state index in [9.17, 15) is 8.42 Å². The molecule has 0 aromatic carbocycles. The highest BCUT2D eigenvalue weighted by Crippen LogP contribution is 2.64. The fourth-order valence-corrected chi connectivity index (χ4v) is 6.83. The summed E-state index contributed by atoms with van der Waals surface area (Å²) in [6.07, 6.45) is 2.14. The summed E-state index contributed by atoms with van der Waals surface area (Å²) >= 11 is 0. The molecule has 3 rings (SSSR count). The van der Waals surface area contributed by atoms with E-state index in [4.69, 9.17) is 0 Å². The normalized spacial score (nSPS) is 54.3. The van der Waals surface area contributed by atoms with Crippen LogP contribution in [0.5, 0.6) is 0 Å². The van der Waals surface area contributed by atoms with Gasteiger partial charge in [-0.1, -0.05) is 13.8 Å². The number of hydrogen-bond donors (Lipinski definition) is 0. The van der Waals surface area contributed by atoms with Gasteiger partial charge in [-0.25, -0.2) is 8.42 Å². The van der Waals surface area contributed by atoms with Crippen LogP contribution in [0.25, 0.3) is 0 Å². The van der Waals surface area contributed by atoms with Crippen LogP contribution >= 0.6 is 0 Å². The first kappa shape index (κ1) is 8.27. The molecule has 2 bridgehead atoms. The molecule has 13 heavy (non-hydrogen) atoms. The predicted molar refractivity (Wildman–Crippen MR) is 51.1 cm³/mol. The van der Waals surface area contributed by atoms with Gasteiger partial charge in [-0.05, 0) is 36.0 Å². The van der Waals surface area contributed by atoms with Crippen molar-refractivity contribution in [2.24, 2.45) is 23.2 Å². The number of rotatable bonds is 0. The zero-order valence-electron chi connectivity index (χ0n) is 8.16. The quantitative estimate of drug-likeness (QED) is 0.593. The molecule has 74 valence electrons. The number of sulfone groups is 1. The van der Waals surface area contributed by atoms with Crippen molar-refractivity contribution in [2.45, 2.75) is 31.9 Å². The third-order valence-electron chi connectivity index (χ3n) is 4.95. The van der Waals surface area contributed by atoms with Gasteiger partial charge in [0, 0.05) is 0 Å². The van der Waals surface area contributed by atoms with Gasteiger partial charge in [-0.15, -0.1) is 0 Å². The Morgan fingerprint density at radius 2 is 1.92 bits per heavy atom. The number of fused-ring (bicyclic) bond motifs is 1. The SMILES string of the molecule is CC1(C)C2CC3C1CS(=O)(=O)C3C2. The Balaban J connectivity index is 2.14. The van der Waals surface area contributed by atoms with E-state index in [2.05, 4.69) is 13.8 Å². The minimum absolute atomic E-state index is 0.0514. The van der Waals surface area contributed by atoms with E-state index in [-0.39, 0.29) is 5.25 Å². The summed E-state index contributed by atoms with van der Waals surface area (Å²) in [6.45, 7) is 4.53. The highest BCUT2D eigenvalue weighted by Gasteiger charge is 2.65. The summed E-state index contributed by atoms with van der Waals surface area (Å²) in [4.78, 5) is 0. The van der Waals surface area contributed by atoms with Crippen LogP contribution in [-0.4, -0.2) is 19.4 Å². The van der Waals surface area contributed by atoms with Crippen molar-refractivity contribution >= 4 is 9.84 Å². The van der Waals surface area contributed by atoms with E-state index in [0.717, 1.165) is 6.42 Å². The molecule has 0 spiro atoms. The van der Waals surface area contributed by atoms with Crippen LogP contribution in [0.3, 0.4) is 0 Å². The summed E-state index contributed by atoms with van der Waals surface area (Å²) in [7, 11) is -2.70. The summed E-state index contributed by atoms with van der Waals surface area (Å²) in [6, 6.07) is 0. The van der Waals surface area contributed by atoms with E-state index >= 15 is 0 Å². The summed E-state index contributed by atoms with van der Waals surface area (Å²) in [5.41, 5.74) is 0.296. The lowest BCUT2D eigenvalue weighted by atomic mass is 9.70. The van der Waals surface area contributed by atoms with Crippen LogP contribution in [0.4, 0.5) is 0 Å². The molecule has 1 heterocycles. The second-order valence-electron chi connectivity index (χ2n) is 5.63. The Kier molecular flexibility index (Phi) is 1.26. The first-order chi connectivity index (χ1) is 5.93. The first-order valence-electron chi connectivity index (χ1n) is 5.14. The molecule has 0 aromatic heterocycles. The van der Waals surface area contributed by atoms with Crippen LogP contribution in [0.1, 0.15) is 26.7 Å². The minimum Gasteiger partial charge on any atom is -0.229 e. The third-order valence-corrected chi connectivity index (χ3v) is 7.24. The van der Waals surface area contributed by atoms with E-state index in [1.807, 2.05) is 0 Å². The van der Waals surface area contributed by atoms with E-state index in [1.54, 1.807) is 0 Å². The Bertz CT molecular complexity index is 355. The van der Waals surface area contributed by atoms with Gasteiger partial charge in [-0.2, -0.15) is 0 Å². The molecule has 3 aliphatic rings. The standard InChI is InChI=1S/C10H16O2S/c1-10(2)6-3-7-8(10)5-13(11,12)9(7)4-6/h6-9H,3-5H2,1-2H3. The average molecular weight is 200 g/mol. The van der Waals surface area contributed by atoms with Gasteiger partial charge in [0.25, 0.3) is 0 Å². The van der Waals surface area contributed by atoms with Crippen molar-refractivity contribution in [2.75, 3.05) is 5.75 Å². The summed E-state index contributed by atoms with van der Waals surface area (Å²) in [5, 5.41) is 0.0514. The Morgan fingerprint density at radius 3 is 2.46 bits per heavy atom. The predicted octanol–water partition coefficient (Wildman–Crippen LogP) is 1.47. The van der Waals surface area contributed by atoms with Crippen LogP contribution in [-0.2, 0) is 9.84 Å². The summed E-state index contributed by atoms with van der Waals surface area (Å²) in [5.74, 6) is 2.15. The lowest BCUT2D eigenvalue weighted by Crippen LogP contribution is -2.31. The topological polar surface area (TPSA) is 34.1 Å². The van der Waals surface area contributed by atoms with E-state index < -0.39 is 9.84 Å². The molecule has 2 saturated carbocycles.